The monoisotopic (exact) mass is 481 g/mol. The fraction of sp³-hybridized carbons (Fsp3) is 0.333. The summed E-state index contributed by atoms with van der Waals surface area (Å²) in [4.78, 5) is 20.5. The maximum absolute atomic E-state index is 13.6. The minimum absolute atomic E-state index is 0.0764. The molecule has 1 saturated carbocycles. The highest BCUT2D eigenvalue weighted by Gasteiger charge is 2.47. The number of nitrogens with one attached hydrogen (secondary N) is 1. The zero-order valence-electron chi connectivity index (χ0n) is 21.0. The van der Waals surface area contributed by atoms with Gasteiger partial charge in [0, 0.05) is 28.8 Å². The van der Waals surface area contributed by atoms with Crippen LogP contribution in [0.15, 0.2) is 65.2 Å². The summed E-state index contributed by atoms with van der Waals surface area (Å²) in [5.41, 5.74) is 4.12. The molecule has 1 saturated heterocycles. The molecule has 6 heteroatoms. The van der Waals surface area contributed by atoms with Crippen molar-refractivity contribution in [1.82, 2.24) is 15.2 Å². The molecule has 3 heterocycles. The summed E-state index contributed by atoms with van der Waals surface area (Å²) in [6.07, 6.45) is 4.72. The Morgan fingerprint density at radius 2 is 2.03 bits per heavy atom. The fourth-order valence-electron chi connectivity index (χ4n) is 5.09. The first-order chi connectivity index (χ1) is 17.4. The molecule has 0 spiro atoms. The summed E-state index contributed by atoms with van der Waals surface area (Å²) in [6.45, 7) is 5.67. The predicted molar refractivity (Wildman–Crippen MR) is 140 cm³/mol. The summed E-state index contributed by atoms with van der Waals surface area (Å²) in [5.74, 6) is 2.33. The average molecular weight is 482 g/mol. The number of rotatable bonds is 7. The highest BCUT2D eigenvalue weighted by Crippen LogP contribution is 2.49. The summed E-state index contributed by atoms with van der Waals surface area (Å²) in [6, 6.07) is 18.4. The Kier molecular flexibility index (Phi) is 5.56. The van der Waals surface area contributed by atoms with Gasteiger partial charge >= 0.3 is 0 Å². The quantitative estimate of drug-likeness (QED) is 0.371. The lowest BCUT2D eigenvalue weighted by Crippen LogP contribution is -2.48. The van der Waals surface area contributed by atoms with E-state index < -0.39 is 5.54 Å². The minimum atomic E-state index is -0.423. The van der Waals surface area contributed by atoms with Gasteiger partial charge in [-0.1, -0.05) is 12.1 Å². The molecule has 6 nitrogen and oxygen atoms in total. The number of hydrogen-bond acceptors (Lipinski definition) is 5. The van der Waals surface area contributed by atoms with Crippen molar-refractivity contribution < 1.29 is 13.9 Å². The predicted octanol–water partition coefficient (Wildman–Crippen LogP) is 5.61. The molecule has 184 valence electrons. The van der Waals surface area contributed by atoms with E-state index in [4.69, 9.17) is 9.15 Å². The second-order valence-corrected chi connectivity index (χ2v) is 10.3. The molecule has 6 rings (SSSR count). The number of nitrogens with zero attached hydrogens (tertiary/aromatic N) is 2. The largest absolute Gasteiger partial charge is 0.492 e. The van der Waals surface area contributed by atoms with E-state index >= 15 is 0 Å². The third-order valence-electron chi connectivity index (χ3n) is 7.70. The smallest absolute Gasteiger partial charge is 0.252 e. The van der Waals surface area contributed by atoms with Crippen molar-refractivity contribution in [3.8, 4) is 17.1 Å². The Morgan fingerprint density at radius 3 is 2.72 bits per heavy atom. The van der Waals surface area contributed by atoms with E-state index in [2.05, 4.69) is 40.4 Å². The van der Waals surface area contributed by atoms with Crippen LogP contribution in [0.2, 0.25) is 0 Å². The molecule has 4 aromatic rings. The number of furan rings is 1. The van der Waals surface area contributed by atoms with Gasteiger partial charge < -0.3 is 14.5 Å². The van der Waals surface area contributed by atoms with Crippen molar-refractivity contribution >= 4 is 16.8 Å². The van der Waals surface area contributed by atoms with Gasteiger partial charge in [0.1, 0.15) is 23.9 Å². The number of benzene rings is 2. The van der Waals surface area contributed by atoms with Crippen LogP contribution in [0.5, 0.6) is 5.75 Å². The number of ether oxygens (including phenoxy) is 1. The van der Waals surface area contributed by atoms with Crippen LogP contribution in [0.25, 0.3) is 22.2 Å². The number of aromatic nitrogens is 1. The lowest BCUT2D eigenvalue weighted by molar-refractivity contribution is 0.0767. The number of carbonyl (C=O) groups excluding carboxylic acids is 1. The second kappa shape index (κ2) is 8.79. The van der Waals surface area contributed by atoms with Crippen LogP contribution >= 0.6 is 0 Å². The van der Waals surface area contributed by atoms with Crippen molar-refractivity contribution in [2.75, 3.05) is 20.2 Å². The second-order valence-electron chi connectivity index (χ2n) is 10.3. The molecule has 1 unspecified atom stereocenters. The molecule has 1 N–H and O–H groups in total. The highest BCUT2D eigenvalue weighted by atomic mass is 16.5. The zero-order valence-corrected chi connectivity index (χ0v) is 21.0. The van der Waals surface area contributed by atoms with E-state index in [1.165, 1.54) is 0 Å². The lowest BCUT2D eigenvalue weighted by Gasteiger charge is -2.37. The Bertz CT molecular complexity index is 1450. The van der Waals surface area contributed by atoms with Gasteiger partial charge in [0.05, 0.1) is 11.1 Å². The highest BCUT2D eigenvalue weighted by molar-refractivity contribution is 5.98. The number of likely N-dealkylation sites (N-methyl/N-ethyl adjacent to an activating group) is 1. The first-order valence-corrected chi connectivity index (χ1v) is 12.6. The Morgan fingerprint density at radius 1 is 1.17 bits per heavy atom. The topological polar surface area (TPSA) is 67.6 Å². The number of carbonyl (C=O) groups is 1. The summed E-state index contributed by atoms with van der Waals surface area (Å²) in [7, 11) is 2.11. The van der Waals surface area contributed by atoms with Crippen molar-refractivity contribution in [2.24, 2.45) is 0 Å². The first-order valence-electron chi connectivity index (χ1n) is 12.6. The van der Waals surface area contributed by atoms with E-state index in [1.807, 2.05) is 50.2 Å². The molecule has 0 bridgehead atoms. The van der Waals surface area contributed by atoms with Crippen LogP contribution in [0.4, 0.5) is 0 Å². The third-order valence-corrected chi connectivity index (χ3v) is 7.70. The molecule has 1 aliphatic carbocycles. The summed E-state index contributed by atoms with van der Waals surface area (Å²) < 4.78 is 12.0. The van der Waals surface area contributed by atoms with E-state index in [9.17, 15) is 4.79 Å². The van der Waals surface area contributed by atoms with E-state index in [-0.39, 0.29) is 5.91 Å². The molecule has 2 aliphatic rings. The van der Waals surface area contributed by atoms with Gasteiger partial charge in [0.25, 0.3) is 5.91 Å². The number of amides is 1. The SMILES string of the molecule is Cc1ccc(-c2cc(C3(NC(=O)c4cc(OCC5CCN5C)ccc4C)CC3)c3cccnc3c2)o1. The van der Waals surface area contributed by atoms with Gasteiger partial charge in [-0.2, -0.15) is 0 Å². The molecule has 2 aromatic carbocycles. The molecule has 0 radical (unpaired) electrons. The molecule has 2 aromatic heterocycles. The Labute approximate surface area is 211 Å². The Balaban J connectivity index is 1.30. The summed E-state index contributed by atoms with van der Waals surface area (Å²) >= 11 is 0. The van der Waals surface area contributed by atoms with Gasteiger partial charge in [-0.15, -0.1) is 0 Å². The number of likely N-dealkylation sites (tertiary alicyclic amines) is 1. The van der Waals surface area contributed by atoms with Crippen molar-refractivity contribution in [1.29, 1.82) is 0 Å². The maximum atomic E-state index is 13.6. The molecule has 2 fully saturated rings. The lowest BCUT2D eigenvalue weighted by atomic mass is 9.95. The van der Waals surface area contributed by atoms with Gasteiger partial charge in [-0.05, 0) is 100 Å². The van der Waals surface area contributed by atoms with Crippen LogP contribution in [-0.2, 0) is 5.54 Å². The van der Waals surface area contributed by atoms with E-state index in [1.54, 1.807) is 6.20 Å². The first kappa shape index (κ1) is 22.8. The minimum Gasteiger partial charge on any atom is -0.492 e. The zero-order chi connectivity index (χ0) is 24.9. The third kappa shape index (κ3) is 4.16. The molecule has 1 aliphatic heterocycles. The van der Waals surface area contributed by atoms with Gasteiger partial charge in [-0.3, -0.25) is 14.7 Å². The van der Waals surface area contributed by atoms with Crippen molar-refractivity contribution in [3.05, 3.63) is 83.2 Å². The van der Waals surface area contributed by atoms with Crippen molar-refractivity contribution in [3.63, 3.8) is 0 Å². The Hall–Kier alpha value is -3.64. The average Bonchev–Trinajstić information content (AvgIpc) is 3.52. The maximum Gasteiger partial charge on any atom is 0.252 e. The molecule has 36 heavy (non-hydrogen) atoms. The molecule has 1 atom stereocenters. The fourth-order valence-corrected chi connectivity index (χ4v) is 5.09. The van der Waals surface area contributed by atoms with Crippen LogP contribution in [-0.4, -0.2) is 42.0 Å². The van der Waals surface area contributed by atoms with Gasteiger partial charge in [-0.25, -0.2) is 0 Å². The normalized spacial score (nSPS) is 18.6. The number of fused-ring (bicyclic) bond motifs is 1. The van der Waals surface area contributed by atoms with Crippen LogP contribution in [0.3, 0.4) is 0 Å². The molecular formula is C30H31N3O3. The van der Waals surface area contributed by atoms with Crippen LogP contribution < -0.4 is 10.1 Å². The van der Waals surface area contributed by atoms with Gasteiger partial charge in [0.15, 0.2) is 0 Å². The van der Waals surface area contributed by atoms with E-state index in [0.29, 0.717) is 18.2 Å². The van der Waals surface area contributed by atoms with Crippen LogP contribution in [0, 0.1) is 13.8 Å². The molecule has 1 amide bonds. The molecular weight excluding hydrogens is 450 g/mol. The van der Waals surface area contributed by atoms with Gasteiger partial charge in [0.2, 0.25) is 0 Å². The van der Waals surface area contributed by atoms with Crippen molar-refractivity contribution in [2.45, 2.75) is 44.7 Å². The number of pyridine rings is 1. The van der Waals surface area contributed by atoms with E-state index in [0.717, 1.165) is 70.7 Å². The summed E-state index contributed by atoms with van der Waals surface area (Å²) in [5, 5.41) is 4.43. The number of aryl methyl sites for hydroxylation is 2. The standard InChI is InChI=1S/C30H31N3O3/c1-19-6-8-23(35-18-22-10-14-33(22)3)17-25(19)29(34)32-30(11-12-30)26-15-21(28-9-7-20(2)36-28)16-27-24(26)5-4-13-31-27/h4-9,13,15-17,22H,10-12,14,18H2,1-3H3,(H,32,34). The number of hydrogen-bond donors (Lipinski definition) is 1. The van der Waals surface area contributed by atoms with Crippen LogP contribution in [0.1, 0.15) is 46.5 Å².